The van der Waals surface area contributed by atoms with Gasteiger partial charge in [-0.25, -0.2) is 0 Å². The molecule has 0 amide bonds. The van der Waals surface area contributed by atoms with Gasteiger partial charge in [-0.2, -0.15) is 0 Å². The molecule has 0 aliphatic carbocycles. The van der Waals surface area contributed by atoms with Crippen molar-refractivity contribution in [3.05, 3.63) is 23.8 Å². The van der Waals surface area contributed by atoms with Gasteiger partial charge < -0.3 is 15.7 Å². The Morgan fingerprint density at radius 3 is 2.60 bits per heavy atom. The molecule has 1 heterocycles. The van der Waals surface area contributed by atoms with Crippen molar-refractivity contribution in [3.8, 4) is 0 Å². The minimum Gasteiger partial charge on any atom is -0.399 e. The summed E-state index contributed by atoms with van der Waals surface area (Å²) in [4.78, 5) is 2.32. The molecule has 15 heavy (non-hydrogen) atoms. The highest BCUT2D eigenvalue weighted by atomic mass is 16.3. The molecule has 3 nitrogen and oxygen atoms in total. The molecular weight excluding hydrogens is 188 g/mol. The molecule has 0 bridgehead atoms. The molecule has 3 heteroatoms. The monoisotopic (exact) mass is 206 g/mol. The largest absolute Gasteiger partial charge is 0.399 e. The fourth-order valence-corrected chi connectivity index (χ4v) is 2.14. The molecule has 3 N–H and O–H groups in total. The number of nitrogens with two attached hydrogens (primary N) is 1. The van der Waals surface area contributed by atoms with Gasteiger partial charge in [0.15, 0.2) is 0 Å². The molecule has 1 aromatic carbocycles. The van der Waals surface area contributed by atoms with Crippen LogP contribution in [-0.2, 0) is 0 Å². The molecule has 1 aromatic rings. The van der Waals surface area contributed by atoms with Crippen molar-refractivity contribution >= 4 is 11.4 Å². The van der Waals surface area contributed by atoms with Crippen molar-refractivity contribution < 1.29 is 5.11 Å². The molecule has 1 fully saturated rings. The zero-order valence-corrected chi connectivity index (χ0v) is 9.11. The average Bonchev–Trinajstić information content (AvgIpc) is 2.20. The standard InChI is InChI=1S/C12H18N2O/c1-9-8-10(13)2-3-12(9)14-6-4-11(15)5-7-14/h2-3,8,11,15H,4-7,13H2,1H3. The zero-order valence-electron chi connectivity index (χ0n) is 9.11. The SMILES string of the molecule is Cc1cc(N)ccc1N1CCC(O)CC1. The number of nitrogen functional groups attached to an aromatic ring is 1. The molecule has 1 aliphatic rings. The van der Waals surface area contributed by atoms with Crippen LogP contribution >= 0.6 is 0 Å². The Labute approximate surface area is 90.5 Å². The fourth-order valence-electron chi connectivity index (χ4n) is 2.14. The van der Waals surface area contributed by atoms with Crippen molar-refractivity contribution in [1.29, 1.82) is 0 Å². The number of piperidine rings is 1. The number of rotatable bonds is 1. The first-order valence-electron chi connectivity index (χ1n) is 5.46. The Morgan fingerprint density at radius 2 is 2.00 bits per heavy atom. The second-order valence-electron chi connectivity index (χ2n) is 4.26. The van der Waals surface area contributed by atoms with Crippen LogP contribution in [0.5, 0.6) is 0 Å². The molecule has 0 unspecified atom stereocenters. The van der Waals surface area contributed by atoms with E-state index in [0.29, 0.717) is 0 Å². The van der Waals surface area contributed by atoms with Crippen molar-refractivity contribution in [3.63, 3.8) is 0 Å². The molecule has 0 radical (unpaired) electrons. The van der Waals surface area contributed by atoms with Gasteiger partial charge in [0.25, 0.3) is 0 Å². The second kappa shape index (κ2) is 4.11. The van der Waals surface area contributed by atoms with Crippen LogP contribution < -0.4 is 10.6 Å². The van der Waals surface area contributed by atoms with E-state index in [1.54, 1.807) is 0 Å². The van der Waals surface area contributed by atoms with Crippen LogP contribution in [0.4, 0.5) is 11.4 Å². The Bertz CT molecular complexity index is 343. The minimum absolute atomic E-state index is 0.115. The molecule has 82 valence electrons. The van der Waals surface area contributed by atoms with E-state index < -0.39 is 0 Å². The lowest BCUT2D eigenvalue weighted by molar-refractivity contribution is 0.145. The summed E-state index contributed by atoms with van der Waals surface area (Å²) in [5.41, 5.74) is 8.99. The highest BCUT2D eigenvalue weighted by Gasteiger charge is 2.18. The lowest BCUT2D eigenvalue weighted by atomic mass is 10.1. The normalized spacial score (nSPS) is 18.1. The first-order valence-corrected chi connectivity index (χ1v) is 5.46. The number of anilines is 2. The maximum Gasteiger partial charge on any atom is 0.0574 e. The van der Waals surface area contributed by atoms with E-state index in [9.17, 15) is 5.11 Å². The second-order valence-corrected chi connectivity index (χ2v) is 4.26. The topological polar surface area (TPSA) is 49.5 Å². The van der Waals surface area contributed by atoms with Gasteiger partial charge in [-0.1, -0.05) is 0 Å². The maximum atomic E-state index is 9.44. The van der Waals surface area contributed by atoms with Crippen LogP contribution in [0, 0.1) is 6.92 Å². The number of hydrogen-bond acceptors (Lipinski definition) is 3. The van der Waals surface area contributed by atoms with Crippen LogP contribution in [-0.4, -0.2) is 24.3 Å². The Balaban J connectivity index is 2.15. The Morgan fingerprint density at radius 1 is 1.33 bits per heavy atom. The summed E-state index contributed by atoms with van der Waals surface area (Å²) in [6, 6.07) is 6.01. The van der Waals surface area contributed by atoms with Gasteiger partial charge in [0.2, 0.25) is 0 Å². The predicted molar refractivity (Wildman–Crippen MR) is 63.0 cm³/mol. The van der Waals surface area contributed by atoms with E-state index in [4.69, 9.17) is 5.73 Å². The summed E-state index contributed by atoms with van der Waals surface area (Å²) >= 11 is 0. The molecule has 0 atom stereocenters. The zero-order chi connectivity index (χ0) is 10.8. The van der Waals surface area contributed by atoms with Crippen molar-refractivity contribution in [2.75, 3.05) is 23.7 Å². The van der Waals surface area contributed by atoms with Crippen molar-refractivity contribution in [2.24, 2.45) is 0 Å². The van der Waals surface area contributed by atoms with Crippen LogP contribution in [0.25, 0.3) is 0 Å². The first-order chi connectivity index (χ1) is 7.16. The average molecular weight is 206 g/mol. The summed E-state index contributed by atoms with van der Waals surface area (Å²) in [5, 5.41) is 9.44. The van der Waals surface area contributed by atoms with Crippen LogP contribution in [0.2, 0.25) is 0 Å². The number of aliphatic hydroxyl groups is 1. The maximum absolute atomic E-state index is 9.44. The van der Waals surface area contributed by atoms with Gasteiger partial charge >= 0.3 is 0 Å². The lowest BCUT2D eigenvalue weighted by Crippen LogP contribution is -2.36. The van der Waals surface area contributed by atoms with E-state index >= 15 is 0 Å². The molecule has 0 aromatic heterocycles. The first kappa shape index (κ1) is 10.3. The summed E-state index contributed by atoms with van der Waals surface area (Å²) in [7, 11) is 0. The third kappa shape index (κ3) is 2.23. The van der Waals surface area contributed by atoms with E-state index in [1.807, 2.05) is 12.1 Å². The number of benzene rings is 1. The third-order valence-corrected chi connectivity index (χ3v) is 3.03. The van der Waals surface area contributed by atoms with Crippen LogP contribution in [0.15, 0.2) is 18.2 Å². The fraction of sp³-hybridized carbons (Fsp3) is 0.500. The molecule has 2 rings (SSSR count). The van der Waals surface area contributed by atoms with E-state index in [1.165, 1.54) is 11.3 Å². The van der Waals surface area contributed by atoms with Gasteiger partial charge in [-0.15, -0.1) is 0 Å². The smallest absolute Gasteiger partial charge is 0.0574 e. The predicted octanol–water partition coefficient (Wildman–Crippen LogP) is 1.54. The van der Waals surface area contributed by atoms with E-state index in [-0.39, 0.29) is 6.10 Å². The van der Waals surface area contributed by atoms with Crippen LogP contribution in [0.3, 0.4) is 0 Å². The molecule has 1 saturated heterocycles. The van der Waals surface area contributed by atoms with Gasteiger partial charge in [0.05, 0.1) is 6.10 Å². The van der Waals surface area contributed by atoms with Gasteiger partial charge in [-0.3, -0.25) is 0 Å². The van der Waals surface area contributed by atoms with Gasteiger partial charge in [0, 0.05) is 24.5 Å². The summed E-state index contributed by atoms with van der Waals surface area (Å²) in [6.45, 7) is 3.95. The minimum atomic E-state index is -0.115. The number of aliphatic hydroxyl groups excluding tert-OH is 1. The lowest BCUT2D eigenvalue weighted by Gasteiger charge is -2.32. The van der Waals surface area contributed by atoms with Crippen molar-refractivity contribution in [2.45, 2.75) is 25.9 Å². The summed E-state index contributed by atoms with van der Waals surface area (Å²) in [6.07, 6.45) is 1.61. The Kier molecular flexibility index (Phi) is 2.82. The third-order valence-electron chi connectivity index (χ3n) is 3.03. The number of aryl methyl sites for hydroxylation is 1. The number of hydrogen-bond donors (Lipinski definition) is 2. The summed E-state index contributed by atoms with van der Waals surface area (Å²) < 4.78 is 0. The molecular formula is C12H18N2O. The Hall–Kier alpha value is -1.22. The van der Waals surface area contributed by atoms with Gasteiger partial charge in [-0.05, 0) is 43.5 Å². The molecule has 0 saturated carbocycles. The van der Waals surface area contributed by atoms with Crippen LogP contribution in [0.1, 0.15) is 18.4 Å². The highest BCUT2D eigenvalue weighted by molar-refractivity contribution is 5.59. The quantitative estimate of drug-likeness (QED) is 0.685. The summed E-state index contributed by atoms with van der Waals surface area (Å²) in [5.74, 6) is 0. The van der Waals surface area contributed by atoms with Crippen molar-refractivity contribution in [1.82, 2.24) is 0 Å². The molecule has 1 aliphatic heterocycles. The van der Waals surface area contributed by atoms with E-state index in [2.05, 4.69) is 17.9 Å². The van der Waals surface area contributed by atoms with Gasteiger partial charge in [0.1, 0.15) is 0 Å². The highest BCUT2D eigenvalue weighted by Crippen LogP contribution is 2.25. The van der Waals surface area contributed by atoms with E-state index in [0.717, 1.165) is 31.6 Å². The number of nitrogens with zero attached hydrogens (tertiary/aromatic N) is 1. The molecule has 0 spiro atoms.